The zero-order chi connectivity index (χ0) is 30.8. The summed E-state index contributed by atoms with van der Waals surface area (Å²) in [6.45, 7) is 4.29. The number of nitrogens with zero attached hydrogens (tertiary/aromatic N) is 6. The van der Waals surface area contributed by atoms with Gasteiger partial charge < -0.3 is 28.6 Å². The van der Waals surface area contributed by atoms with Crippen molar-refractivity contribution in [3.63, 3.8) is 0 Å². The molecule has 4 aromatic rings. The lowest BCUT2D eigenvalue weighted by Gasteiger charge is -2.38. The number of carbonyl (C=O) groups excluding carboxylic acids is 2. The third-order valence-corrected chi connectivity index (χ3v) is 8.07. The number of pyridine rings is 1. The summed E-state index contributed by atoms with van der Waals surface area (Å²) in [6, 6.07) is 16.3. The number of methoxy groups -OCH3 is 1. The Bertz CT molecular complexity index is 1760. The number of hydrogen-bond donors (Lipinski definition) is 0. The number of hydrogen-bond acceptors (Lipinski definition) is 9. The van der Waals surface area contributed by atoms with Crippen molar-refractivity contribution in [3.8, 4) is 11.9 Å². The number of benzene rings is 2. The second kappa shape index (κ2) is 12.3. The number of halogens is 1. The van der Waals surface area contributed by atoms with E-state index in [2.05, 4.69) is 9.55 Å². The first kappa shape index (κ1) is 29.1. The van der Waals surface area contributed by atoms with Crippen molar-refractivity contribution in [2.75, 3.05) is 38.3 Å². The smallest absolute Gasteiger partial charge is 0.337 e. The van der Waals surface area contributed by atoms with Gasteiger partial charge in [-0.15, -0.1) is 0 Å². The molecule has 2 atom stereocenters. The molecule has 2 aliphatic heterocycles. The van der Waals surface area contributed by atoms with Crippen molar-refractivity contribution in [2.45, 2.75) is 38.6 Å². The minimum atomic E-state index is -0.520. The van der Waals surface area contributed by atoms with Gasteiger partial charge in [-0.1, -0.05) is 12.1 Å². The van der Waals surface area contributed by atoms with Gasteiger partial charge in [-0.05, 0) is 49.7 Å². The van der Waals surface area contributed by atoms with Gasteiger partial charge in [0.15, 0.2) is 0 Å². The molecule has 2 fully saturated rings. The molecule has 0 radical (unpaired) electrons. The molecule has 2 aromatic heterocycles. The minimum absolute atomic E-state index is 0.0432. The lowest BCUT2D eigenvalue weighted by molar-refractivity contribution is -0.133. The van der Waals surface area contributed by atoms with Gasteiger partial charge in [0.05, 0.1) is 60.6 Å². The normalized spacial score (nSPS) is 17.2. The largest absolute Gasteiger partial charge is 0.473 e. The number of rotatable bonds is 9. The summed E-state index contributed by atoms with van der Waals surface area (Å²) in [4.78, 5) is 38.9. The molecule has 2 aromatic carbocycles. The first-order valence-electron chi connectivity index (χ1n) is 14.4. The molecular formula is C32H31FN6O5. The number of fused-ring (bicyclic) bond motifs is 1. The predicted molar refractivity (Wildman–Crippen MR) is 157 cm³/mol. The van der Waals surface area contributed by atoms with Crippen LogP contribution in [0.1, 0.15) is 46.7 Å². The highest BCUT2D eigenvalue weighted by Gasteiger charge is 2.33. The Morgan fingerprint density at radius 2 is 2.02 bits per heavy atom. The Balaban J connectivity index is 1.17. The van der Waals surface area contributed by atoms with Crippen molar-refractivity contribution in [1.29, 1.82) is 5.26 Å². The maximum Gasteiger partial charge on any atom is 0.337 e. The van der Waals surface area contributed by atoms with Crippen molar-refractivity contribution >= 4 is 28.7 Å². The zero-order valence-corrected chi connectivity index (χ0v) is 24.4. The minimum Gasteiger partial charge on any atom is -0.473 e. The summed E-state index contributed by atoms with van der Waals surface area (Å²) in [5.41, 5.74) is 2.50. The van der Waals surface area contributed by atoms with Gasteiger partial charge in [0.2, 0.25) is 11.8 Å². The molecule has 0 N–H and O–H groups in total. The molecule has 2 aliphatic rings. The van der Waals surface area contributed by atoms with Crippen molar-refractivity contribution in [2.24, 2.45) is 0 Å². The van der Waals surface area contributed by atoms with Crippen LogP contribution in [0.3, 0.4) is 0 Å². The van der Waals surface area contributed by atoms with E-state index in [4.69, 9.17) is 24.5 Å². The molecular weight excluding hydrogens is 567 g/mol. The van der Waals surface area contributed by atoms with Gasteiger partial charge in [0.25, 0.3) is 0 Å². The Labute approximate surface area is 253 Å². The summed E-state index contributed by atoms with van der Waals surface area (Å²) < 4.78 is 32.7. The van der Waals surface area contributed by atoms with E-state index < -0.39 is 11.8 Å². The quantitative estimate of drug-likeness (QED) is 0.263. The fourth-order valence-corrected chi connectivity index (χ4v) is 5.51. The number of nitriles is 1. The number of esters is 1. The molecule has 226 valence electrons. The number of imidazole rings is 1. The van der Waals surface area contributed by atoms with E-state index in [1.54, 1.807) is 36.4 Å². The van der Waals surface area contributed by atoms with Crippen molar-refractivity contribution in [3.05, 3.63) is 82.9 Å². The number of aromatic nitrogens is 3. The molecule has 11 nitrogen and oxygen atoms in total. The molecule has 4 heterocycles. The van der Waals surface area contributed by atoms with Gasteiger partial charge in [0, 0.05) is 31.3 Å². The highest BCUT2D eigenvalue weighted by atomic mass is 19.1. The fraction of sp³-hybridized carbons (Fsp3) is 0.344. The SMILES string of the molecule is COC(=O)c1ccc2nc(C(C)N3CCN(c4cccc(OCc5ccc(C#N)cc5F)n4)CC3=O)n(C[C@@H]3CCO3)c2c1. The second-order valence-corrected chi connectivity index (χ2v) is 10.8. The molecule has 0 spiro atoms. The van der Waals surface area contributed by atoms with E-state index in [0.717, 1.165) is 23.3 Å². The van der Waals surface area contributed by atoms with Crippen LogP contribution in [0.2, 0.25) is 0 Å². The number of ether oxygens (including phenoxy) is 3. The Morgan fingerprint density at radius 3 is 2.73 bits per heavy atom. The summed E-state index contributed by atoms with van der Waals surface area (Å²) in [5, 5.41) is 8.94. The Hall–Kier alpha value is -5.02. The van der Waals surface area contributed by atoms with E-state index in [-0.39, 0.29) is 36.8 Å². The predicted octanol–water partition coefficient (Wildman–Crippen LogP) is 4.01. The maximum atomic E-state index is 14.3. The van der Waals surface area contributed by atoms with E-state index in [0.29, 0.717) is 49.1 Å². The lowest BCUT2D eigenvalue weighted by atomic mass is 10.1. The molecule has 12 heteroatoms. The molecule has 0 bridgehead atoms. The van der Waals surface area contributed by atoms with Crippen LogP contribution in [0.4, 0.5) is 10.2 Å². The third kappa shape index (κ3) is 5.78. The van der Waals surface area contributed by atoms with Gasteiger partial charge in [-0.3, -0.25) is 4.79 Å². The second-order valence-electron chi connectivity index (χ2n) is 10.8. The Morgan fingerprint density at radius 1 is 1.18 bits per heavy atom. The molecule has 44 heavy (non-hydrogen) atoms. The van der Waals surface area contributed by atoms with Gasteiger partial charge in [0.1, 0.15) is 24.1 Å². The Kier molecular flexibility index (Phi) is 8.13. The van der Waals surface area contributed by atoms with E-state index >= 15 is 0 Å². The third-order valence-electron chi connectivity index (χ3n) is 8.07. The fourth-order valence-electron chi connectivity index (χ4n) is 5.51. The van der Waals surface area contributed by atoms with Gasteiger partial charge in [-0.2, -0.15) is 10.2 Å². The number of anilines is 1. The van der Waals surface area contributed by atoms with Crippen LogP contribution in [0.15, 0.2) is 54.6 Å². The van der Waals surface area contributed by atoms with Crippen LogP contribution in [-0.2, 0) is 27.4 Å². The molecule has 1 unspecified atom stereocenters. The first-order chi connectivity index (χ1) is 21.3. The maximum absolute atomic E-state index is 14.3. The van der Waals surface area contributed by atoms with Crippen molar-refractivity contribution < 1.29 is 28.2 Å². The zero-order valence-electron chi connectivity index (χ0n) is 24.4. The van der Waals surface area contributed by atoms with Crippen LogP contribution in [0.25, 0.3) is 11.0 Å². The summed E-state index contributed by atoms with van der Waals surface area (Å²) in [6.07, 6.45) is 0.974. The van der Waals surface area contributed by atoms with Crippen LogP contribution < -0.4 is 9.64 Å². The lowest BCUT2D eigenvalue weighted by Crippen LogP contribution is -2.51. The number of carbonyl (C=O) groups is 2. The molecule has 0 aliphatic carbocycles. The highest BCUT2D eigenvalue weighted by Crippen LogP contribution is 2.30. The molecule has 6 rings (SSSR count). The standard InChI is InChI=1S/C32H31FN6O5/c1-20(31-35-26-9-8-22(32(41)42-2)15-27(26)39(31)17-24-10-13-43-24)38-12-11-37(18-30(38)40)28-4-3-5-29(36-28)44-19-23-7-6-21(16-34)14-25(23)33/h3-9,14-15,20,24H,10-13,17-19H2,1-2H3/t20?,24-/m0/s1. The number of piperazine rings is 1. The summed E-state index contributed by atoms with van der Waals surface area (Å²) in [5.74, 6) is 0.577. The van der Waals surface area contributed by atoms with Crippen molar-refractivity contribution in [1.82, 2.24) is 19.4 Å². The topological polar surface area (TPSA) is 123 Å². The molecule has 2 saturated heterocycles. The van der Waals surface area contributed by atoms with Gasteiger partial charge >= 0.3 is 5.97 Å². The average molecular weight is 599 g/mol. The molecule has 0 saturated carbocycles. The van der Waals surface area contributed by atoms with E-state index in [1.807, 2.05) is 22.8 Å². The van der Waals surface area contributed by atoms with Gasteiger partial charge in [-0.25, -0.2) is 14.2 Å². The average Bonchev–Trinajstić information content (AvgIpc) is 3.39. The summed E-state index contributed by atoms with van der Waals surface area (Å²) in [7, 11) is 1.35. The summed E-state index contributed by atoms with van der Waals surface area (Å²) >= 11 is 0. The molecule has 1 amide bonds. The highest BCUT2D eigenvalue weighted by molar-refractivity contribution is 5.93. The van der Waals surface area contributed by atoms with Crippen LogP contribution in [-0.4, -0.2) is 70.8 Å². The van der Waals surface area contributed by atoms with Crippen LogP contribution in [0, 0.1) is 17.1 Å². The monoisotopic (exact) mass is 598 g/mol. The van der Waals surface area contributed by atoms with Crippen LogP contribution in [0.5, 0.6) is 5.88 Å². The number of amides is 1. The van der Waals surface area contributed by atoms with E-state index in [1.165, 1.54) is 25.3 Å². The van der Waals surface area contributed by atoms with Crippen LogP contribution >= 0.6 is 0 Å². The first-order valence-corrected chi connectivity index (χ1v) is 14.4. The van der Waals surface area contributed by atoms with E-state index in [9.17, 15) is 14.0 Å².